The average Bonchev–Trinajstić information content (AvgIpc) is 2.73. The van der Waals surface area contributed by atoms with Crippen LogP contribution in [0, 0.1) is 6.92 Å². The first kappa shape index (κ1) is 15.1. The van der Waals surface area contributed by atoms with E-state index in [1.807, 2.05) is 6.07 Å². The maximum atomic E-state index is 5.85. The highest BCUT2D eigenvalue weighted by molar-refractivity contribution is 5.55. The van der Waals surface area contributed by atoms with Crippen molar-refractivity contribution in [3.05, 3.63) is 41.6 Å². The van der Waals surface area contributed by atoms with Crippen molar-refractivity contribution in [2.45, 2.75) is 39.0 Å². The summed E-state index contributed by atoms with van der Waals surface area (Å²) in [5.74, 6) is 1.26. The molecule has 0 atom stereocenters. The lowest BCUT2D eigenvalue weighted by atomic mass is 10.1. The molecule has 118 valence electrons. The van der Waals surface area contributed by atoms with E-state index in [9.17, 15) is 0 Å². The van der Waals surface area contributed by atoms with Crippen molar-refractivity contribution in [2.75, 3.05) is 24.5 Å². The third-order valence-electron chi connectivity index (χ3n) is 4.46. The summed E-state index contributed by atoms with van der Waals surface area (Å²) in [5, 5.41) is 4.82. The smallest absolute Gasteiger partial charge is 0.135 e. The summed E-state index contributed by atoms with van der Waals surface area (Å²) in [5.41, 5.74) is 9.40. The van der Waals surface area contributed by atoms with Crippen molar-refractivity contribution in [1.29, 1.82) is 0 Å². The number of anilines is 1. The van der Waals surface area contributed by atoms with E-state index in [2.05, 4.69) is 40.8 Å². The second-order valence-electron chi connectivity index (χ2n) is 6.07. The summed E-state index contributed by atoms with van der Waals surface area (Å²) < 4.78 is 2.12. The van der Waals surface area contributed by atoms with Crippen LogP contribution in [-0.2, 0) is 6.42 Å². The van der Waals surface area contributed by atoms with Gasteiger partial charge in [-0.05, 0) is 44.9 Å². The normalized spacial score (nSPS) is 15.8. The predicted octanol–water partition coefficient (Wildman–Crippen LogP) is 3.06. The summed E-state index contributed by atoms with van der Waals surface area (Å²) in [6, 6.07) is 10.4. The number of aryl methyl sites for hydroxylation is 1. The Kier molecular flexibility index (Phi) is 4.78. The number of nitrogens with two attached hydrogens (primary N) is 1. The van der Waals surface area contributed by atoms with Crippen molar-refractivity contribution >= 4 is 5.82 Å². The summed E-state index contributed by atoms with van der Waals surface area (Å²) in [6.07, 6.45) is 6.09. The number of hydrogen-bond acceptors (Lipinski definition) is 3. The van der Waals surface area contributed by atoms with Gasteiger partial charge in [-0.1, -0.05) is 31.0 Å². The Morgan fingerprint density at radius 1 is 1.05 bits per heavy atom. The quantitative estimate of drug-likeness (QED) is 0.943. The van der Waals surface area contributed by atoms with Crippen LogP contribution in [0.25, 0.3) is 5.69 Å². The van der Waals surface area contributed by atoms with Crippen LogP contribution in [0.15, 0.2) is 30.3 Å². The van der Waals surface area contributed by atoms with Crippen LogP contribution in [0.2, 0.25) is 0 Å². The van der Waals surface area contributed by atoms with Gasteiger partial charge < -0.3 is 10.6 Å². The Morgan fingerprint density at radius 2 is 1.73 bits per heavy atom. The fraction of sp³-hybridized carbons (Fsp3) is 0.500. The van der Waals surface area contributed by atoms with Gasteiger partial charge in [-0.25, -0.2) is 4.68 Å². The molecule has 1 aliphatic rings. The molecule has 4 heteroatoms. The van der Waals surface area contributed by atoms with Gasteiger partial charge in [0.05, 0.1) is 11.4 Å². The van der Waals surface area contributed by atoms with Gasteiger partial charge in [0.1, 0.15) is 5.82 Å². The fourth-order valence-electron chi connectivity index (χ4n) is 3.34. The molecule has 2 heterocycles. The third-order valence-corrected chi connectivity index (χ3v) is 4.46. The van der Waals surface area contributed by atoms with Crippen LogP contribution in [0.4, 0.5) is 5.82 Å². The molecule has 2 aromatic rings. The van der Waals surface area contributed by atoms with Crippen molar-refractivity contribution in [1.82, 2.24) is 9.78 Å². The Morgan fingerprint density at radius 3 is 2.36 bits per heavy atom. The first-order valence-electron chi connectivity index (χ1n) is 8.40. The standard InChI is InChI=1S/C18H26N4/c1-15-17(11-12-19)18(21-13-7-2-3-8-14-21)22(20-15)16-9-5-4-6-10-16/h4-6,9-10H,2-3,7-8,11-14,19H2,1H3. The molecule has 0 aliphatic carbocycles. The van der Waals surface area contributed by atoms with E-state index in [0.717, 1.165) is 30.9 Å². The lowest BCUT2D eigenvalue weighted by Gasteiger charge is -2.25. The predicted molar refractivity (Wildman–Crippen MR) is 91.7 cm³/mol. The van der Waals surface area contributed by atoms with Gasteiger partial charge in [-0.3, -0.25) is 0 Å². The summed E-state index contributed by atoms with van der Waals surface area (Å²) in [7, 11) is 0. The van der Waals surface area contributed by atoms with Crippen LogP contribution in [-0.4, -0.2) is 29.4 Å². The largest absolute Gasteiger partial charge is 0.356 e. The highest BCUT2D eigenvalue weighted by Gasteiger charge is 2.22. The van der Waals surface area contributed by atoms with Gasteiger partial charge in [0.25, 0.3) is 0 Å². The van der Waals surface area contributed by atoms with Gasteiger partial charge in [-0.15, -0.1) is 0 Å². The third kappa shape index (κ3) is 3.02. The molecule has 0 saturated carbocycles. The lowest BCUT2D eigenvalue weighted by molar-refractivity contribution is 0.726. The maximum absolute atomic E-state index is 5.85. The van der Waals surface area contributed by atoms with Crippen LogP contribution >= 0.6 is 0 Å². The van der Waals surface area contributed by atoms with Gasteiger partial charge >= 0.3 is 0 Å². The molecular weight excluding hydrogens is 272 g/mol. The van der Waals surface area contributed by atoms with E-state index in [1.54, 1.807) is 0 Å². The zero-order valence-corrected chi connectivity index (χ0v) is 13.5. The first-order chi connectivity index (χ1) is 10.8. The molecule has 0 amide bonds. The second-order valence-corrected chi connectivity index (χ2v) is 6.07. The number of aromatic nitrogens is 2. The summed E-state index contributed by atoms with van der Waals surface area (Å²) >= 11 is 0. The number of benzene rings is 1. The molecule has 0 bridgehead atoms. The Bertz CT molecular complexity index is 595. The molecule has 4 nitrogen and oxygen atoms in total. The van der Waals surface area contributed by atoms with E-state index in [4.69, 9.17) is 10.8 Å². The minimum atomic E-state index is 0.669. The van der Waals surface area contributed by atoms with Crippen molar-refractivity contribution < 1.29 is 0 Å². The zero-order valence-electron chi connectivity index (χ0n) is 13.5. The van der Waals surface area contributed by atoms with Crippen molar-refractivity contribution in [3.8, 4) is 5.69 Å². The van der Waals surface area contributed by atoms with E-state index >= 15 is 0 Å². The van der Waals surface area contributed by atoms with E-state index < -0.39 is 0 Å². The van der Waals surface area contributed by atoms with Gasteiger partial charge in [0.15, 0.2) is 0 Å². The molecule has 0 spiro atoms. The molecule has 1 fully saturated rings. The number of para-hydroxylation sites is 1. The lowest BCUT2D eigenvalue weighted by Crippen LogP contribution is -2.27. The number of rotatable bonds is 4. The van der Waals surface area contributed by atoms with Gasteiger partial charge in [-0.2, -0.15) is 5.10 Å². The molecule has 1 aromatic carbocycles. The Balaban J connectivity index is 2.07. The van der Waals surface area contributed by atoms with Crippen LogP contribution < -0.4 is 10.6 Å². The molecule has 1 aliphatic heterocycles. The summed E-state index contributed by atoms with van der Waals surface area (Å²) in [6.45, 7) is 5.01. The maximum Gasteiger partial charge on any atom is 0.135 e. The molecule has 2 N–H and O–H groups in total. The van der Waals surface area contributed by atoms with Crippen molar-refractivity contribution in [3.63, 3.8) is 0 Å². The molecule has 1 aromatic heterocycles. The van der Waals surface area contributed by atoms with Gasteiger partial charge in [0, 0.05) is 18.7 Å². The summed E-state index contributed by atoms with van der Waals surface area (Å²) in [4.78, 5) is 2.52. The average molecular weight is 298 g/mol. The van der Waals surface area contributed by atoms with Crippen LogP contribution in [0.3, 0.4) is 0 Å². The van der Waals surface area contributed by atoms with E-state index in [-0.39, 0.29) is 0 Å². The SMILES string of the molecule is Cc1nn(-c2ccccc2)c(N2CCCCCC2)c1CCN. The molecule has 3 rings (SSSR count). The minimum absolute atomic E-state index is 0.669. The molecule has 0 unspecified atom stereocenters. The highest BCUT2D eigenvalue weighted by Crippen LogP contribution is 2.29. The van der Waals surface area contributed by atoms with E-state index in [1.165, 1.54) is 37.1 Å². The van der Waals surface area contributed by atoms with E-state index in [0.29, 0.717) is 6.54 Å². The van der Waals surface area contributed by atoms with Crippen LogP contribution in [0.5, 0.6) is 0 Å². The zero-order chi connectivity index (χ0) is 15.4. The monoisotopic (exact) mass is 298 g/mol. The molecular formula is C18H26N4. The fourth-order valence-corrected chi connectivity index (χ4v) is 3.34. The topological polar surface area (TPSA) is 47.1 Å². The number of hydrogen-bond donors (Lipinski definition) is 1. The van der Waals surface area contributed by atoms with Crippen LogP contribution in [0.1, 0.15) is 36.9 Å². The van der Waals surface area contributed by atoms with Gasteiger partial charge in [0.2, 0.25) is 0 Å². The highest BCUT2D eigenvalue weighted by atomic mass is 15.4. The van der Waals surface area contributed by atoms with Crippen molar-refractivity contribution in [2.24, 2.45) is 5.73 Å². The molecule has 1 saturated heterocycles. The molecule has 22 heavy (non-hydrogen) atoms. The molecule has 0 radical (unpaired) electrons. The Labute approximate surface area is 132 Å². The number of nitrogens with zero attached hydrogens (tertiary/aromatic N) is 3. The first-order valence-corrected chi connectivity index (χ1v) is 8.40. The minimum Gasteiger partial charge on any atom is -0.356 e. The second kappa shape index (κ2) is 6.97. The Hall–Kier alpha value is -1.81.